The van der Waals surface area contributed by atoms with Gasteiger partial charge in [0, 0.05) is 25.9 Å². The van der Waals surface area contributed by atoms with Crippen LogP contribution in [0.2, 0.25) is 0 Å². The Hall–Kier alpha value is -1.38. The van der Waals surface area contributed by atoms with E-state index in [1.54, 1.807) is 24.9 Å². The summed E-state index contributed by atoms with van der Waals surface area (Å²) in [6.07, 6.45) is 4.50. The number of carboxylic acids is 1. The quantitative estimate of drug-likeness (QED) is 0.331. The molecular formula is C22H32O6S. The molecule has 1 heterocycles. The number of hydrogen-bond acceptors (Lipinski definition) is 6. The van der Waals surface area contributed by atoms with Crippen molar-refractivity contribution in [2.75, 3.05) is 25.2 Å². The van der Waals surface area contributed by atoms with Gasteiger partial charge in [-0.25, -0.2) is 0 Å². The number of thioether (sulfide) groups is 1. The van der Waals surface area contributed by atoms with Gasteiger partial charge in [0.1, 0.15) is 0 Å². The molecule has 0 aliphatic carbocycles. The first-order chi connectivity index (χ1) is 14.0. The van der Waals surface area contributed by atoms with Crippen molar-refractivity contribution >= 4 is 17.7 Å². The van der Waals surface area contributed by atoms with Gasteiger partial charge >= 0.3 is 5.97 Å². The maximum absolute atomic E-state index is 10.5. The Labute approximate surface area is 176 Å². The highest BCUT2D eigenvalue weighted by Crippen LogP contribution is 2.27. The normalized spacial score (nSPS) is 22.9. The fourth-order valence-electron chi connectivity index (χ4n) is 3.43. The van der Waals surface area contributed by atoms with Crippen molar-refractivity contribution in [2.24, 2.45) is 5.92 Å². The molecule has 3 N–H and O–H groups in total. The number of aliphatic hydroxyl groups is 2. The lowest BCUT2D eigenvalue weighted by Crippen LogP contribution is -2.23. The maximum Gasteiger partial charge on any atom is 0.303 e. The van der Waals surface area contributed by atoms with Crippen LogP contribution < -0.4 is 0 Å². The van der Waals surface area contributed by atoms with Gasteiger partial charge in [-0.2, -0.15) is 11.8 Å². The van der Waals surface area contributed by atoms with Gasteiger partial charge in [0.25, 0.3) is 0 Å². The first-order valence-corrected chi connectivity index (χ1v) is 11.2. The molecule has 0 amide bonds. The number of rotatable bonds is 13. The van der Waals surface area contributed by atoms with Gasteiger partial charge in [-0.05, 0) is 35.5 Å². The zero-order chi connectivity index (χ0) is 21.1. The molecule has 2 rings (SSSR count). The van der Waals surface area contributed by atoms with Crippen LogP contribution in [0.1, 0.15) is 30.4 Å². The maximum atomic E-state index is 10.5. The van der Waals surface area contributed by atoms with Crippen molar-refractivity contribution in [2.45, 2.75) is 50.6 Å². The van der Waals surface area contributed by atoms with Crippen molar-refractivity contribution in [3.63, 3.8) is 0 Å². The second kappa shape index (κ2) is 13.0. The average Bonchev–Trinajstić information content (AvgIpc) is 3.03. The Kier molecular flexibility index (Phi) is 10.7. The highest BCUT2D eigenvalue weighted by atomic mass is 32.2. The number of aliphatic carboxylic acids is 1. The molecule has 4 unspecified atom stereocenters. The van der Waals surface area contributed by atoms with Crippen LogP contribution >= 0.6 is 11.8 Å². The minimum Gasteiger partial charge on any atom is -0.481 e. The van der Waals surface area contributed by atoms with E-state index in [-0.39, 0.29) is 18.4 Å². The molecule has 1 aromatic rings. The molecular weight excluding hydrogens is 392 g/mol. The molecule has 29 heavy (non-hydrogen) atoms. The highest BCUT2D eigenvalue weighted by Gasteiger charge is 2.33. The summed E-state index contributed by atoms with van der Waals surface area (Å²) >= 11 is 1.71. The van der Waals surface area contributed by atoms with Gasteiger partial charge in [-0.15, -0.1) is 0 Å². The molecule has 0 saturated carbocycles. The molecule has 1 aromatic carbocycles. The number of carboxylic acid groups (broad SMARTS) is 1. The zero-order valence-corrected chi connectivity index (χ0v) is 17.7. The summed E-state index contributed by atoms with van der Waals surface area (Å²) in [7, 11) is 1.66. The second-order valence-electron chi connectivity index (χ2n) is 7.32. The summed E-state index contributed by atoms with van der Waals surface area (Å²) in [4.78, 5) is 10.5. The third-order valence-electron chi connectivity index (χ3n) is 4.88. The Bertz CT molecular complexity index is 650. The summed E-state index contributed by atoms with van der Waals surface area (Å²) in [6.45, 7) is 0.847. The van der Waals surface area contributed by atoms with E-state index < -0.39 is 18.2 Å². The molecule has 1 saturated heterocycles. The van der Waals surface area contributed by atoms with Gasteiger partial charge in [-0.3, -0.25) is 4.79 Å². The van der Waals surface area contributed by atoms with Crippen LogP contribution in [0.25, 0.3) is 0 Å². The van der Waals surface area contributed by atoms with Gasteiger partial charge < -0.3 is 24.8 Å². The van der Waals surface area contributed by atoms with Crippen molar-refractivity contribution in [3.8, 4) is 0 Å². The van der Waals surface area contributed by atoms with Crippen LogP contribution in [-0.4, -0.2) is 64.8 Å². The minimum atomic E-state index is -0.762. The van der Waals surface area contributed by atoms with Gasteiger partial charge in [0.05, 0.1) is 31.5 Å². The third kappa shape index (κ3) is 8.88. The van der Waals surface area contributed by atoms with E-state index in [1.165, 1.54) is 0 Å². The number of benzene rings is 1. The largest absolute Gasteiger partial charge is 0.481 e. The van der Waals surface area contributed by atoms with Crippen molar-refractivity contribution in [3.05, 3.63) is 47.5 Å². The van der Waals surface area contributed by atoms with Crippen LogP contribution in [0.3, 0.4) is 0 Å². The van der Waals surface area contributed by atoms with E-state index in [0.29, 0.717) is 26.1 Å². The molecule has 162 valence electrons. The Morgan fingerprint density at radius 2 is 2.17 bits per heavy atom. The predicted molar refractivity (Wildman–Crippen MR) is 114 cm³/mol. The summed E-state index contributed by atoms with van der Waals surface area (Å²) < 4.78 is 10.9. The second-order valence-corrected chi connectivity index (χ2v) is 8.55. The fourth-order valence-corrected chi connectivity index (χ4v) is 4.38. The minimum absolute atomic E-state index is 0.0783. The lowest BCUT2D eigenvalue weighted by atomic mass is 9.95. The van der Waals surface area contributed by atoms with E-state index >= 15 is 0 Å². The standard InChI is InChI=1S/C22H32O6S/c1-27-14-17-5-2-4-16(12-17)13-18(23)7-8-19-20(24)15-28-21(19)9-11-29-10-3-6-22(25)26/h2,4-5,7-8,12,18-21,23-24H,3,6,9-11,13-15H2,1H3,(H,25,26). The van der Waals surface area contributed by atoms with E-state index in [4.69, 9.17) is 14.6 Å². The first kappa shape index (κ1) is 23.9. The van der Waals surface area contributed by atoms with Gasteiger partial charge in [-0.1, -0.05) is 36.4 Å². The zero-order valence-electron chi connectivity index (χ0n) is 16.9. The molecule has 0 aromatic heterocycles. The summed E-state index contributed by atoms with van der Waals surface area (Å²) in [5, 5.41) is 29.2. The topological polar surface area (TPSA) is 96.2 Å². The lowest BCUT2D eigenvalue weighted by Gasteiger charge is -2.17. The molecule has 6 nitrogen and oxygen atoms in total. The number of aliphatic hydroxyl groups excluding tert-OH is 2. The Balaban J connectivity index is 1.78. The van der Waals surface area contributed by atoms with Crippen molar-refractivity contribution in [1.29, 1.82) is 0 Å². The summed E-state index contributed by atoms with van der Waals surface area (Å²) in [5.41, 5.74) is 2.11. The molecule has 1 aliphatic rings. The monoisotopic (exact) mass is 424 g/mol. The van der Waals surface area contributed by atoms with Crippen LogP contribution in [0.15, 0.2) is 36.4 Å². The third-order valence-corrected chi connectivity index (χ3v) is 5.99. The summed E-state index contributed by atoms with van der Waals surface area (Å²) in [5.74, 6) is 0.769. The van der Waals surface area contributed by atoms with Crippen LogP contribution in [0.5, 0.6) is 0 Å². The van der Waals surface area contributed by atoms with Gasteiger partial charge in [0.15, 0.2) is 0 Å². The van der Waals surface area contributed by atoms with E-state index in [9.17, 15) is 15.0 Å². The smallest absolute Gasteiger partial charge is 0.303 e. The Morgan fingerprint density at radius 3 is 2.93 bits per heavy atom. The predicted octanol–water partition coefficient (Wildman–Crippen LogP) is 2.66. The summed E-state index contributed by atoms with van der Waals surface area (Å²) in [6, 6.07) is 7.96. The van der Waals surface area contributed by atoms with E-state index in [0.717, 1.165) is 29.1 Å². The van der Waals surface area contributed by atoms with Crippen molar-refractivity contribution in [1.82, 2.24) is 0 Å². The van der Waals surface area contributed by atoms with Gasteiger partial charge in [0.2, 0.25) is 0 Å². The van der Waals surface area contributed by atoms with E-state index in [1.807, 2.05) is 30.3 Å². The highest BCUT2D eigenvalue weighted by molar-refractivity contribution is 7.99. The number of hydrogen-bond donors (Lipinski definition) is 3. The lowest BCUT2D eigenvalue weighted by molar-refractivity contribution is -0.137. The molecule has 1 fully saturated rings. The van der Waals surface area contributed by atoms with Crippen LogP contribution in [0, 0.1) is 5.92 Å². The van der Waals surface area contributed by atoms with Crippen LogP contribution in [-0.2, 0) is 27.3 Å². The Morgan fingerprint density at radius 1 is 1.38 bits per heavy atom. The average molecular weight is 425 g/mol. The molecule has 0 radical (unpaired) electrons. The van der Waals surface area contributed by atoms with Crippen molar-refractivity contribution < 1.29 is 29.6 Å². The SMILES string of the molecule is COCc1cccc(CC(O)C=CC2C(O)COC2CCSCCCC(=O)O)c1. The molecule has 1 aliphatic heterocycles. The first-order valence-electron chi connectivity index (χ1n) is 10.0. The van der Waals surface area contributed by atoms with E-state index in [2.05, 4.69) is 0 Å². The molecule has 4 atom stereocenters. The number of carbonyl (C=O) groups is 1. The number of methoxy groups -OCH3 is 1. The molecule has 0 bridgehead atoms. The van der Waals surface area contributed by atoms with Crippen LogP contribution in [0.4, 0.5) is 0 Å². The fraction of sp³-hybridized carbons (Fsp3) is 0.591. The molecule has 7 heteroatoms. The molecule has 0 spiro atoms. The number of ether oxygens (including phenoxy) is 2.